The highest BCUT2D eigenvalue weighted by atomic mass is 35.5. The number of hydrogen-bond acceptors (Lipinski definition) is 4. The van der Waals surface area contributed by atoms with Crippen molar-refractivity contribution < 1.29 is 19.1 Å². The van der Waals surface area contributed by atoms with E-state index in [0.717, 1.165) is 11.3 Å². The van der Waals surface area contributed by atoms with Crippen LogP contribution in [0, 0.1) is 5.92 Å². The molecule has 1 N–H and O–H groups in total. The van der Waals surface area contributed by atoms with E-state index in [9.17, 15) is 9.59 Å². The first-order chi connectivity index (χ1) is 15.0. The van der Waals surface area contributed by atoms with Crippen LogP contribution in [0.1, 0.15) is 25.3 Å². The van der Waals surface area contributed by atoms with Crippen molar-refractivity contribution in [1.82, 2.24) is 4.90 Å². The van der Waals surface area contributed by atoms with Gasteiger partial charge in [-0.3, -0.25) is 9.59 Å². The number of piperidine rings is 1. The van der Waals surface area contributed by atoms with Gasteiger partial charge in [-0.25, -0.2) is 0 Å². The molecule has 0 aromatic heterocycles. The molecule has 0 atom stereocenters. The van der Waals surface area contributed by atoms with Crippen LogP contribution >= 0.6 is 11.6 Å². The van der Waals surface area contributed by atoms with E-state index in [4.69, 9.17) is 21.1 Å². The van der Waals surface area contributed by atoms with E-state index in [-0.39, 0.29) is 17.7 Å². The van der Waals surface area contributed by atoms with Crippen LogP contribution in [0.25, 0.3) is 6.08 Å². The number of rotatable bonds is 7. The Kier molecular flexibility index (Phi) is 7.95. The van der Waals surface area contributed by atoms with Gasteiger partial charge in [0.25, 0.3) is 0 Å². The Morgan fingerprint density at radius 2 is 1.90 bits per heavy atom. The van der Waals surface area contributed by atoms with Crippen LogP contribution in [0.4, 0.5) is 5.69 Å². The molecule has 2 aromatic rings. The smallest absolute Gasteiger partial charge is 0.246 e. The zero-order chi connectivity index (χ0) is 22.2. The third-order valence-electron chi connectivity index (χ3n) is 5.18. The Morgan fingerprint density at radius 3 is 2.55 bits per heavy atom. The highest BCUT2D eigenvalue weighted by molar-refractivity contribution is 6.32. The Balaban J connectivity index is 1.55. The minimum Gasteiger partial charge on any atom is -0.493 e. The molecular formula is C24H27ClN2O4. The normalized spacial score (nSPS) is 14.5. The van der Waals surface area contributed by atoms with E-state index < -0.39 is 0 Å². The van der Waals surface area contributed by atoms with Gasteiger partial charge in [0.15, 0.2) is 11.5 Å². The fourth-order valence-electron chi connectivity index (χ4n) is 3.52. The van der Waals surface area contributed by atoms with E-state index >= 15 is 0 Å². The summed E-state index contributed by atoms with van der Waals surface area (Å²) in [6.07, 6.45) is 4.51. The van der Waals surface area contributed by atoms with E-state index in [1.165, 1.54) is 6.08 Å². The van der Waals surface area contributed by atoms with Crippen molar-refractivity contribution in [3.8, 4) is 11.5 Å². The van der Waals surface area contributed by atoms with Gasteiger partial charge < -0.3 is 19.7 Å². The summed E-state index contributed by atoms with van der Waals surface area (Å²) in [5.41, 5.74) is 1.54. The number of para-hydroxylation sites is 1. The third kappa shape index (κ3) is 6.01. The Hall–Kier alpha value is -2.99. The quantitative estimate of drug-likeness (QED) is 0.634. The first-order valence-electron chi connectivity index (χ1n) is 10.3. The maximum Gasteiger partial charge on any atom is 0.246 e. The number of carbonyl (C=O) groups is 2. The van der Waals surface area contributed by atoms with Gasteiger partial charge >= 0.3 is 0 Å². The Morgan fingerprint density at radius 1 is 1.19 bits per heavy atom. The maximum absolute atomic E-state index is 12.6. The van der Waals surface area contributed by atoms with Crippen molar-refractivity contribution in [2.45, 2.75) is 19.8 Å². The molecule has 0 aliphatic carbocycles. The molecule has 7 heteroatoms. The minimum absolute atomic E-state index is 0.00460. The molecule has 0 radical (unpaired) electrons. The van der Waals surface area contributed by atoms with E-state index in [1.54, 1.807) is 30.2 Å². The first kappa shape index (κ1) is 22.7. The third-order valence-corrected chi connectivity index (χ3v) is 5.46. The molecule has 0 bridgehead atoms. The summed E-state index contributed by atoms with van der Waals surface area (Å²) in [7, 11) is 1.55. The van der Waals surface area contributed by atoms with Crippen molar-refractivity contribution in [3.63, 3.8) is 0 Å². The largest absolute Gasteiger partial charge is 0.493 e. The average Bonchev–Trinajstić information content (AvgIpc) is 2.79. The number of methoxy groups -OCH3 is 1. The number of nitrogens with zero attached hydrogens (tertiary/aromatic N) is 1. The Bertz CT molecular complexity index is 938. The van der Waals surface area contributed by atoms with Crippen LogP contribution in [-0.2, 0) is 9.59 Å². The van der Waals surface area contributed by atoms with Crippen molar-refractivity contribution >= 4 is 35.2 Å². The second-order valence-electron chi connectivity index (χ2n) is 7.26. The number of anilines is 1. The summed E-state index contributed by atoms with van der Waals surface area (Å²) in [6, 6.07) is 12.9. The van der Waals surface area contributed by atoms with Crippen LogP contribution in [0.3, 0.4) is 0 Å². The maximum atomic E-state index is 12.6. The molecule has 0 spiro atoms. The minimum atomic E-state index is -0.0950. The standard InChI is InChI=1S/C24H27ClN2O4/c1-3-31-23-20(25)15-17(16-21(23)30-2)9-10-22(28)27-13-11-18(12-14-27)24(29)26-19-7-5-4-6-8-19/h4-10,15-16,18H,3,11-14H2,1-2H3,(H,26,29)/b10-9+. The van der Waals surface area contributed by atoms with Gasteiger partial charge in [-0.05, 0) is 55.7 Å². The second kappa shape index (κ2) is 10.9. The lowest BCUT2D eigenvalue weighted by atomic mass is 9.95. The molecule has 164 valence electrons. The molecule has 0 saturated carbocycles. The summed E-state index contributed by atoms with van der Waals surface area (Å²) in [4.78, 5) is 26.8. The predicted octanol–water partition coefficient (Wildman–Crippen LogP) is 4.64. The van der Waals surface area contributed by atoms with Crippen LogP contribution in [0.5, 0.6) is 11.5 Å². The van der Waals surface area contributed by atoms with Gasteiger partial charge in [-0.15, -0.1) is 0 Å². The van der Waals surface area contributed by atoms with E-state index in [2.05, 4.69) is 5.32 Å². The molecule has 0 unspecified atom stereocenters. The van der Waals surface area contributed by atoms with Crippen molar-refractivity contribution in [2.75, 3.05) is 32.1 Å². The number of nitrogens with one attached hydrogen (secondary N) is 1. The summed E-state index contributed by atoms with van der Waals surface area (Å²) in [5, 5.41) is 3.37. The second-order valence-corrected chi connectivity index (χ2v) is 7.66. The molecule has 2 amide bonds. The molecule has 6 nitrogen and oxygen atoms in total. The van der Waals surface area contributed by atoms with E-state index in [1.807, 2.05) is 37.3 Å². The summed E-state index contributed by atoms with van der Waals surface area (Å²) in [5.74, 6) is 0.830. The summed E-state index contributed by atoms with van der Waals surface area (Å²) >= 11 is 6.29. The van der Waals surface area contributed by atoms with Gasteiger partial charge in [-0.2, -0.15) is 0 Å². The molecule has 3 rings (SSSR count). The topological polar surface area (TPSA) is 67.9 Å². The van der Waals surface area contributed by atoms with Gasteiger partial charge in [0.05, 0.1) is 18.7 Å². The average molecular weight is 443 g/mol. The number of carbonyl (C=O) groups excluding carboxylic acids is 2. The SMILES string of the molecule is CCOc1c(Cl)cc(/C=C/C(=O)N2CCC(C(=O)Nc3ccccc3)CC2)cc1OC. The summed E-state index contributed by atoms with van der Waals surface area (Å²) in [6.45, 7) is 3.44. The molecule has 31 heavy (non-hydrogen) atoms. The highest BCUT2D eigenvalue weighted by Crippen LogP contribution is 2.36. The number of hydrogen-bond donors (Lipinski definition) is 1. The van der Waals surface area contributed by atoms with Crippen LogP contribution < -0.4 is 14.8 Å². The first-order valence-corrected chi connectivity index (χ1v) is 10.7. The number of benzene rings is 2. The van der Waals surface area contributed by atoms with Crippen molar-refractivity contribution in [1.29, 1.82) is 0 Å². The number of halogens is 1. The number of likely N-dealkylation sites (tertiary alicyclic amines) is 1. The van der Waals surface area contributed by atoms with Gasteiger partial charge in [0.2, 0.25) is 11.8 Å². The van der Waals surface area contributed by atoms with Gasteiger partial charge in [-0.1, -0.05) is 29.8 Å². The fraction of sp³-hybridized carbons (Fsp3) is 0.333. The molecular weight excluding hydrogens is 416 g/mol. The lowest BCUT2D eigenvalue weighted by Crippen LogP contribution is -2.40. The van der Waals surface area contributed by atoms with Crippen LogP contribution in [0.15, 0.2) is 48.5 Å². The lowest BCUT2D eigenvalue weighted by molar-refractivity contribution is -0.130. The van der Waals surface area contributed by atoms with Crippen LogP contribution in [-0.4, -0.2) is 43.5 Å². The zero-order valence-electron chi connectivity index (χ0n) is 17.8. The molecule has 1 aliphatic rings. The molecule has 1 heterocycles. The molecule has 1 saturated heterocycles. The lowest BCUT2D eigenvalue weighted by Gasteiger charge is -2.30. The fourth-order valence-corrected chi connectivity index (χ4v) is 3.79. The zero-order valence-corrected chi connectivity index (χ0v) is 18.5. The van der Waals surface area contributed by atoms with Crippen molar-refractivity contribution in [3.05, 3.63) is 59.1 Å². The molecule has 1 fully saturated rings. The number of amides is 2. The predicted molar refractivity (Wildman–Crippen MR) is 123 cm³/mol. The highest BCUT2D eigenvalue weighted by Gasteiger charge is 2.26. The Labute approximate surface area is 187 Å². The molecule has 2 aromatic carbocycles. The van der Waals surface area contributed by atoms with Crippen molar-refractivity contribution in [2.24, 2.45) is 5.92 Å². The number of ether oxygens (including phenoxy) is 2. The van der Waals surface area contributed by atoms with Crippen LogP contribution in [0.2, 0.25) is 5.02 Å². The molecule has 1 aliphatic heterocycles. The monoisotopic (exact) mass is 442 g/mol. The van der Waals surface area contributed by atoms with Gasteiger partial charge in [0, 0.05) is 30.8 Å². The van der Waals surface area contributed by atoms with E-state index in [0.29, 0.717) is 49.1 Å². The van der Waals surface area contributed by atoms with Gasteiger partial charge in [0.1, 0.15) is 0 Å². The summed E-state index contributed by atoms with van der Waals surface area (Å²) < 4.78 is 10.9.